The van der Waals surface area contributed by atoms with E-state index in [1.807, 2.05) is 0 Å². The van der Waals surface area contributed by atoms with Crippen LogP contribution in [0.15, 0.2) is 49.0 Å². The summed E-state index contributed by atoms with van der Waals surface area (Å²) in [6.07, 6.45) is 9.74. The molecular weight excluding hydrogens is 256 g/mol. The van der Waals surface area contributed by atoms with E-state index in [9.17, 15) is 14.7 Å². The summed E-state index contributed by atoms with van der Waals surface area (Å²) in [7, 11) is 0. The Morgan fingerprint density at radius 3 is 2.11 bits per heavy atom. The van der Waals surface area contributed by atoms with Crippen molar-refractivity contribution in [3.8, 4) is 0 Å². The Bertz CT molecular complexity index is 516. The zero-order chi connectivity index (χ0) is 13.9. The fraction of sp³-hybridized carbons (Fsp3) is 0.167. The third-order valence-electron chi connectivity index (χ3n) is 2.34. The number of rotatable bonds is 3. The van der Waals surface area contributed by atoms with Gasteiger partial charge in [0.15, 0.2) is 0 Å². The number of carbonyl (C=O) groups is 2. The zero-order valence-electron chi connectivity index (χ0n) is 9.55. The summed E-state index contributed by atoms with van der Waals surface area (Å²) in [5.74, 6) is -7.55. The van der Waals surface area contributed by atoms with Crippen molar-refractivity contribution < 1.29 is 34.0 Å². The van der Waals surface area contributed by atoms with Crippen molar-refractivity contribution in [2.45, 2.75) is 11.6 Å². The number of carboxylic acids is 1. The number of esters is 1. The molecule has 0 aliphatic carbocycles. The van der Waals surface area contributed by atoms with Crippen LogP contribution in [0, 0.1) is 0 Å². The summed E-state index contributed by atoms with van der Waals surface area (Å²) >= 11 is 0. The Hall–Kier alpha value is -2.54. The molecule has 2 heterocycles. The lowest BCUT2D eigenvalue weighted by Crippen LogP contribution is -2.50. The number of carbonyl (C=O) groups excluding carboxylic acids is 1. The van der Waals surface area contributed by atoms with E-state index in [-0.39, 0.29) is 0 Å². The van der Waals surface area contributed by atoms with Crippen molar-refractivity contribution in [2.24, 2.45) is 0 Å². The van der Waals surface area contributed by atoms with Crippen LogP contribution in [-0.2, 0) is 23.8 Å². The van der Waals surface area contributed by atoms with Crippen molar-refractivity contribution in [1.82, 2.24) is 0 Å². The minimum Gasteiger partial charge on any atom is -0.475 e. The third kappa shape index (κ3) is 2.36. The van der Waals surface area contributed by atoms with Gasteiger partial charge in [-0.2, -0.15) is 0 Å². The number of ether oxygens (including phenoxy) is 3. The Morgan fingerprint density at radius 2 is 1.63 bits per heavy atom. The predicted octanol–water partition coefficient (Wildman–Crippen LogP) is 0.199. The first-order valence-electron chi connectivity index (χ1n) is 5.22. The molecule has 7 heteroatoms. The monoisotopic (exact) mass is 266 g/mol. The van der Waals surface area contributed by atoms with Crippen LogP contribution in [0.25, 0.3) is 0 Å². The highest BCUT2D eigenvalue weighted by molar-refractivity contribution is 5.86. The van der Waals surface area contributed by atoms with Crippen molar-refractivity contribution >= 4 is 11.9 Å². The van der Waals surface area contributed by atoms with E-state index in [1.165, 1.54) is 24.3 Å². The molecule has 0 spiro atoms. The van der Waals surface area contributed by atoms with E-state index in [0.717, 1.165) is 24.7 Å². The van der Waals surface area contributed by atoms with E-state index in [2.05, 4.69) is 0 Å². The molecule has 0 saturated carbocycles. The normalized spacial score (nSPS) is 31.4. The molecule has 0 saturated heterocycles. The topological polar surface area (TPSA) is 102 Å². The minimum absolute atomic E-state index is 1.02. The maximum atomic E-state index is 11.8. The highest BCUT2D eigenvalue weighted by Crippen LogP contribution is 2.25. The molecule has 2 atom stereocenters. The van der Waals surface area contributed by atoms with Gasteiger partial charge in [0.2, 0.25) is 0 Å². The molecule has 19 heavy (non-hydrogen) atoms. The average Bonchev–Trinajstić information content (AvgIpc) is 2.40. The van der Waals surface area contributed by atoms with E-state index < -0.39 is 23.5 Å². The number of hydrogen-bond acceptors (Lipinski definition) is 6. The van der Waals surface area contributed by atoms with Gasteiger partial charge in [0.05, 0.1) is 12.5 Å². The van der Waals surface area contributed by atoms with Crippen molar-refractivity contribution in [2.75, 3.05) is 0 Å². The summed E-state index contributed by atoms with van der Waals surface area (Å²) in [5, 5.41) is 18.9. The summed E-state index contributed by atoms with van der Waals surface area (Å²) in [5.41, 5.74) is 0. The van der Waals surface area contributed by atoms with Gasteiger partial charge in [-0.25, -0.2) is 9.59 Å². The number of allylic oxidation sites excluding steroid dienone is 4. The van der Waals surface area contributed by atoms with E-state index in [1.54, 1.807) is 0 Å². The molecule has 0 radical (unpaired) electrons. The van der Waals surface area contributed by atoms with Gasteiger partial charge in [-0.1, -0.05) is 12.2 Å². The van der Waals surface area contributed by atoms with Gasteiger partial charge in [0.25, 0.3) is 0 Å². The van der Waals surface area contributed by atoms with Crippen molar-refractivity contribution in [3.63, 3.8) is 0 Å². The summed E-state index contributed by atoms with van der Waals surface area (Å²) in [6, 6.07) is 0. The first kappa shape index (κ1) is 12.9. The number of carboxylic acid groups (broad SMARTS) is 1. The Morgan fingerprint density at radius 1 is 1.00 bits per heavy atom. The standard InChI is InChI=1S/C12H10O7/c13-9(14)12(6-2-4-8-18-12)19-10(15)11(16)5-1-3-7-17-11/h1-8,16H,(H,13,14). The third-order valence-corrected chi connectivity index (χ3v) is 2.34. The maximum absolute atomic E-state index is 11.8. The van der Waals surface area contributed by atoms with Gasteiger partial charge < -0.3 is 24.4 Å². The van der Waals surface area contributed by atoms with Gasteiger partial charge in [0.1, 0.15) is 0 Å². The minimum atomic E-state index is -2.38. The van der Waals surface area contributed by atoms with Crippen LogP contribution in [0.2, 0.25) is 0 Å². The van der Waals surface area contributed by atoms with Crippen molar-refractivity contribution in [1.29, 1.82) is 0 Å². The predicted molar refractivity (Wildman–Crippen MR) is 60.1 cm³/mol. The molecule has 2 rings (SSSR count). The van der Waals surface area contributed by atoms with Crippen LogP contribution >= 0.6 is 0 Å². The second-order valence-corrected chi connectivity index (χ2v) is 3.67. The molecule has 7 nitrogen and oxygen atoms in total. The highest BCUT2D eigenvalue weighted by Gasteiger charge is 2.49. The van der Waals surface area contributed by atoms with Gasteiger partial charge in [-0.15, -0.1) is 0 Å². The quantitative estimate of drug-likeness (QED) is 0.703. The smallest absolute Gasteiger partial charge is 0.395 e. The lowest BCUT2D eigenvalue weighted by Gasteiger charge is -2.30. The molecule has 0 aromatic rings. The van der Waals surface area contributed by atoms with Crippen LogP contribution in [0.1, 0.15) is 0 Å². The lowest BCUT2D eigenvalue weighted by molar-refractivity contribution is -0.237. The molecule has 0 aromatic carbocycles. The average molecular weight is 266 g/mol. The Labute approximate surface area is 107 Å². The molecule has 2 aliphatic heterocycles. The molecule has 2 aliphatic rings. The maximum Gasteiger partial charge on any atom is 0.395 e. The first-order chi connectivity index (χ1) is 8.99. The Balaban J connectivity index is 2.19. The molecule has 0 bridgehead atoms. The van der Waals surface area contributed by atoms with Gasteiger partial charge in [-0.3, -0.25) is 0 Å². The van der Waals surface area contributed by atoms with Gasteiger partial charge in [-0.05, 0) is 18.2 Å². The molecule has 2 unspecified atom stereocenters. The largest absolute Gasteiger partial charge is 0.475 e. The van der Waals surface area contributed by atoms with Crippen LogP contribution in [0.3, 0.4) is 0 Å². The lowest BCUT2D eigenvalue weighted by atomic mass is 10.2. The molecule has 2 N–H and O–H groups in total. The van der Waals surface area contributed by atoms with Crippen molar-refractivity contribution in [3.05, 3.63) is 49.0 Å². The van der Waals surface area contributed by atoms with E-state index >= 15 is 0 Å². The van der Waals surface area contributed by atoms with Crippen LogP contribution in [0.4, 0.5) is 0 Å². The zero-order valence-corrected chi connectivity index (χ0v) is 9.55. The highest BCUT2D eigenvalue weighted by atomic mass is 16.8. The number of aliphatic hydroxyl groups is 1. The van der Waals surface area contributed by atoms with Crippen LogP contribution in [-0.4, -0.2) is 33.7 Å². The number of hydrogen-bond donors (Lipinski definition) is 2. The van der Waals surface area contributed by atoms with Crippen LogP contribution < -0.4 is 0 Å². The molecule has 0 fully saturated rings. The SMILES string of the molecule is O=C(OC1(C(=O)O)C=CC=CO1)C1(O)C=CC=CO1. The summed E-state index contributed by atoms with van der Waals surface area (Å²) in [6.45, 7) is 0. The fourth-order valence-corrected chi connectivity index (χ4v) is 1.37. The molecule has 0 amide bonds. The number of aliphatic carboxylic acids is 1. The van der Waals surface area contributed by atoms with E-state index in [0.29, 0.717) is 0 Å². The first-order valence-corrected chi connectivity index (χ1v) is 5.22. The van der Waals surface area contributed by atoms with Gasteiger partial charge >= 0.3 is 23.5 Å². The summed E-state index contributed by atoms with van der Waals surface area (Å²) < 4.78 is 14.3. The summed E-state index contributed by atoms with van der Waals surface area (Å²) in [4.78, 5) is 23.0. The molecular formula is C12H10O7. The molecule has 0 aromatic heterocycles. The fourth-order valence-electron chi connectivity index (χ4n) is 1.37. The molecule has 100 valence electrons. The van der Waals surface area contributed by atoms with Crippen LogP contribution in [0.5, 0.6) is 0 Å². The second kappa shape index (κ2) is 4.62. The van der Waals surface area contributed by atoms with Gasteiger partial charge in [0, 0.05) is 6.08 Å². The second-order valence-electron chi connectivity index (χ2n) is 3.67. The Kier molecular flexibility index (Phi) is 3.14. The van der Waals surface area contributed by atoms with E-state index in [4.69, 9.17) is 19.3 Å².